The Kier molecular flexibility index (Phi) is 5.10. The van der Waals surface area contributed by atoms with Gasteiger partial charge in [0, 0.05) is 22.0 Å². The number of furan rings is 1. The average molecular weight is 510 g/mol. The van der Waals surface area contributed by atoms with E-state index in [1.54, 1.807) is 0 Å². The van der Waals surface area contributed by atoms with Gasteiger partial charge in [0.25, 0.3) is 0 Å². The van der Waals surface area contributed by atoms with E-state index in [1.807, 2.05) is 42.5 Å². The van der Waals surface area contributed by atoms with E-state index >= 15 is 0 Å². The molecule has 0 aliphatic carbocycles. The number of rotatable bonds is 4. The zero-order valence-corrected chi connectivity index (χ0v) is 22.6. The maximum atomic E-state index is 6.60. The van der Waals surface area contributed by atoms with E-state index in [4.69, 9.17) is 14.4 Å². The summed E-state index contributed by atoms with van der Waals surface area (Å²) in [7, 11) is -1.47. The maximum absolute atomic E-state index is 6.60. The second-order valence-electron chi connectivity index (χ2n) is 10.8. The molecule has 0 bridgehead atoms. The second-order valence-corrected chi connectivity index (χ2v) is 15.8. The molecule has 184 valence electrons. The van der Waals surface area contributed by atoms with Crippen molar-refractivity contribution < 1.29 is 4.42 Å². The summed E-state index contributed by atoms with van der Waals surface area (Å²) in [5.74, 6) is 0.819. The molecule has 0 atom stereocenters. The Morgan fingerprint density at radius 3 is 2.21 bits per heavy atom. The van der Waals surface area contributed by atoms with Crippen molar-refractivity contribution in [2.45, 2.75) is 19.6 Å². The van der Waals surface area contributed by atoms with Crippen LogP contribution in [0.1, 0.15) is 0 Å². The molecule has 0 aliphatic heterocycles. The molecule has 5 heteroatoms. The normalized spacial score (nSPS) is 12.1. The SMILES string of the molecule is C[Si](C)(C)c1ccc2c(c1)oc1c(-c3nc4ccc(-c5ccccc5)nc4n3-c3ccccc3)cccc12. The first-order chi connectivity index (χ1) is 18.5. The molecule has 0 radical (unpaired) electrons. The molecule has 3 aromatic heterocycles. The van der Waals surface area contributed by atoms with Gasteiger partial charge in [0.05, 0.1) is 19.3 Å². The van der Waals surface area contributed by atoms with E-state index in [-0.39, 0.29) is 0 Å². The molecule has 0 spiro atoms. The zero-order chi connectivity index (χ0) is 25.9. The maximum Gasteiger partial charge on any atom is 0.165 e. The van der Waals surface area contributed by atoms with Crippen LogP contribution in [0.25, 0.3) is 61.4 Å². The largest absolute Gasteiger partial charge is 0.455 e. The Morgan fingerprint density at radius 1 is 0.684 bits per heavy atom. The summed E-state index contributed by atoms with van der Waals surface area (Å²) in [5.41, 5.74) is 7.41. The van der Waals surface area contributed by atoms with Crippen molar-refractivity contribution in [1.29, 1.82) is 0 Å². The number of pyridine rings is 1. The standard InChI is InChI=1S/C33H27N3OSi/c1-38(2,3)24-17-18-25-26-15-10-16-27(31(26)37-30(25)21-24)32-35-29-20-19-28(22-11-6-4-7-12-22)34-33(29)36(32)23-13-8-5-9-14-23/h4-21H,1-3H3. The molecule has 7 rings (SSSR count). The van der Waals surface area contributed by atoms with Crippen LogP contribution >= 0.6 is 0 Å². The van der Waals surface area contributed by atoms with Gasteiger partial charge in [-0.2, -0.15) is 0 Å². The number of benzene rings is 4. The summed E-state index contributed by atoms with van der Waals surface area (Å²) < 4.78 is 8.75. The van der Waals surface area contributed by atoms with Crippen LogP contribution < -0.4 is 5.19 Å². The lowest BCUT2D eigenvalue weighted by molar-refractivity contribution is 0.669. The first kappa shape index (κ1) is 22.7. The highest BCUT2D eigenvalue weighted by Gasteiger charge is 2.22. The molecule has 4 aromatic carbocycles. The fourth-order valence-corrected chi connectivity index (χ4v) is 6.32. The molecule has 38 heavy (non-hydrogen) atoms. The lowest BCUT2D eigenvalue weighted by atomic mass is 10.1. The van der Waals surface area contributed by atoms with Crippen LogP contribution in [0.5, 0.6) is 0 Å². The van der Waals surface area contributed by atoms with Crippen molar-refractivity contribution in [3.8, 4) is 28.3 Å². The van der Waals surface area contributed by atoms with Crippen molar-refractivity contribution in [3.63, 3.8) is 0 Å². The summed E-state index contributed by atoms with van der Waals surface area (Å²) in [6.45, 7) is 7.09. The van der Waals surface area contributed by atoms with Crippen LogP contribution in [-0.2, 0) is 0 Å². The van der Waals surface area contributed by atoms with E-state index in [1.165, 1.54) is 5.19 Å². The van der Waals surface area contributed by atoms with E-state index in [9.17, 15) is 0 Å². The van der Waals surface area contributed by atoms with E-state index in [0.29, 0.717) is 0 Å². The third kappa shape index (κ3) is 3.66. The molecule has 7 aromatic rings. The van der Waals surface area contributed by atoms with Gasteiger partial charge in [0.15, 0.2) is 11.5 Å². The van der Waals surface area contributed by atoms with Crippen molar-refractivity contribution in [2.75, 3.05) is 0 Å². The fourth-order valence-electron chi connectivity index (χ4n) is 5.17. The van der Waals surface area contributed by atoms with Gasteiger partial charge in [0.1, 0.15) is 16.7 Å². The van der Waals surface area contributed by atoms with E-state index in [0.717, 1.165) is 61.4 Å². The molecule has 0 fully saturated rings. The van der Waals surface area contributed by atoms with E-state index < -0.39 is 8.07 Å². The summed E-state index contributed by atoms with van der Waals surface area (Å²) in [5, 5.41) is 3.62. The predicted molar refractivity (Wildman–Crippen MR) is 160 cm³/mol. The smallest absolute Gasteiger partial charge is 0.165 e. The zero-order valence-electron chi connectivity index (χ0n) is 21.6. The molecule has 3 heterocycles. The van der Waals surface area contributed by atoms with Crippen molar-refractivity contribution >= 4 is 46.4 Å². The second kappa shape index (κ2) is 8.54. The van der Waals surface area contributed by atoms with Crippen LogP contribution in [0.2, 0.25) is 19.6 Å². The first-order valence-corrected chi connectivity index (χ1v) is 16.4. The molecule has 0 amide bonds. The highest BCUT2D eigenvalue weighted by atomic mass is 28.3. The average Bonchev–Trinajstić information content (AvgIpc) is 3.51. The molecule has 0 saturated heterocycles. The molecule has 0 aliphatic rings. The van der Waals surface area contributed by atoms with Crippen LogP contribution in [0.4, 0.5) is 0 Å². The number of hydrogen-bond donors (Lipinski definition) is 0. The Balaban J connectivity index is 1.51. The Morgan fingerprint density at radius 2 is 1.45 bits per heavy atom. The monoisotopic (exact) mass is 509 g/mol. The third-order valence-corrected chi connectivity index (χ3v) is 9.24. The summed E-state index contributed by atoms with van der Waals surface area (Å²) in [6.07, 6.45) is 0. The van der Waals surface area contributed by atoms with Gasteiger partial charge in [0.2, 0.25) is 0 Å². The van der Waals surface area contributed by atoms with Crippen LogP contribution in [0, 0.1) is 0 Å². The van der Waals surface area contributed by atoms with Gasteiger partial charge < -0.3 is 4.42 Å². The van der Waals surface area contributed by atoms with Crippen LogP contribution in [0.3, 0.4) is 0 Å². The molecule has 0 N–H and O–H groups in total. The third-order valence-electron chi connectivity index (χ3n) is 7.19. The Labute approximate surface area is 222 Å². The minimum absolute atomic E-state index is 0.819. The number of imidazole rings is 1. The van der Waals surface area contributed by atoms with Gasteiger partial charge in [-0.15, -0.1) is 0 Å². The molecular formula is C33H27N3OSi. The molecule has 0 unspecified atom stereocenters. The Hall–Kier alpha value is -4.48. The molecule has 4 nitrogen and oxygen atoms in total. The van der Waals surface area contributed by atoms with Crippen LogP contribution in [-0.4, -0.2) is 22.6 Å². The van der Waals surface area contributed by atoms with Gasteiger partial charge in [-0.1, -0.05) is 97.6 Å². The number of aromatic nitrogens is 3. The van der Waals surface area contributed by atoms with Crippen molar-refractivity contribution in [2.24, 2.45) is 0 Å². The quantitative estimate of drug-likeness (QED) is 0.225. The highest BCUT2D eigenvalue weighted by molar-refractivity contribution is 6.88. The van der Waals surface area contributed by atoms with Gasteiger partial charge in [-0.05, 0) is 36.4 Å². The minimum atomic E-state index is -1.47. The highest BCUT2D eigenvalue weighted by Crippen LogP contribution is 2.37. The fraction of sp³-hybridized carbons (Fsp3) is 0.0909. The van der Waals surface area contributed by atoms with Gasteiger partial charge >= 0.3 is 0 Å². The first-order valence-electron chi connectivity index (χ1n) is 12.9. The van der Waals surface area contributed by atoms with Crippen molar-refractivity contribution in [1.82, 2.24) is 14.5 Å². The summed E-state index contributed by atoms with van der Waals surface area (Å²) in [6, 6.07) is 37.7. The lowest BCUT2D eigenvalue weighted by Gasteiger charge is -2.15. The number of para-hydroxylation sites is 2. The Bertz CT molecular complexity index is 1950. The predicted octanol–water partition coefficient (Wildman–Crippen LogP) is 8.20. The van der Waals surface area contributed by atoms with Crippen LogP contribution in [0.15, 0.2) is 114 Å². The topological polar surface area (TPSA) is 43.9 Å². The van der Waals surface area contributed by atoms with Gasteiger partial charge in [-0.25, -0.2) is 9.97 Å². The molecule has 0 saturated carbocycles. The number of nitrogens with zero attached hydrogens (tertiary/aromatic N) is 3. The van der Waals surface area contributed by atoms with Gasteiger partial charge in [-0.3, -0.25) is 4.57 Å². The lowest BCUT2D eigenvalue weighted by Crippen LogP contribution is -2.37. The number of hydrogen-bond acceptors (Lipinski definition) is 3. The van der Waals surface area contributed by atoms with E-state index in [2.05, 4.69) is 90.9 Å². The summed E-state index contributed by atoms with van der Waals surface area (Å²) >= 11 is 0. The number of fused-ring (bicyclic) bond motifs is 4. The molecular weight excluding hydrogens is 482 g/mol. The van der Waals surface area contributed by atoms with Crippen molar-refractivity contribution in [3.05, 3.63) is 109 Å². The summed E-state index contributed by atoms with van der Waals surface area (Å²) in [4.78, 5) is 10.2. The minimum Gasteiger partial charge on any atom is -0.455 e.